The van der Waals surface area contributed by atoms with E-state index in [1.165, 1.54) is 12.1 Å². The van der Waals surface area contributed by atoms with Crippen LogP contribution in [0.3, 0.4) is 0 Å². The van der Waals surface area contributed by atoms with Crippen LogP contribution >= 0.6 is 0 Å². The number of halogens is 1. The summed E-state index contributed by atoms with van der Waals surface area (Å²) in [5, 5.41) is 9.72. The average molecular weight is 324 g/mol. The Bertz CT molecular complexity index is 800. The van der Waals surface area contributed by atoms with Crippen LogP contribution < -0.4 is 10.6 Å². The lowest BCUT2D eigenvalue weighted by molar-refractivity contribution is 0.240. The van der Waals surface area contributed by atoms with Gasteiger partial charge in [0.05, 0.1) is 5.69 Å². The molecule has 122 valence electrons. The van der Waals surface area contributed by atoms with Crippen molar-refractivity contribution in [2.24, 2.45) is 0 Å². The molecule has 1 heterocycles. The Balaban J connectivity index is 1.51. The molecule has 5 nitrogen and oxygen atoms in total. The molecule has 0 atom stereocenters. The van der Waals surface area contributed by atoms with Crippen LogP contribution in [0.25, 0.3) is 5.69 Å². The van der Waals surface area contributed by atoms with Crippen LogP contribution in [0.15, 0.2) is 67.0 Å². The molecule has 2 amide bonds. The summed E-state index contributed by atoms with van der Waals surface area (Å²) in [5.41, 5.74) is 2.75. The number of carbonyl (C=O) groups is 1. The van der Waals surface area contributed by atoms with Gasteiger partial charge >= 0.3 is 6.03 Å². The summed E-state index contributed by atoms with van der Waals surface area (Å²) in [7, 11) is 0. The minimum Gasteiger partial charge on any atom is -0.334 e. The summed E-state index contributed by atoms with van der Waals surface area (Å²) in [6.45, 7) is 0.754. The van der Waals surface area contributed by atoms with E-state index in [9.17, 15) is 9.18 Å². The molecule has 0 fully saturated rings. The number of urea groups is 1. The lowest BCUT2D eigenvalue weighted by atomic mass is 10.2. The van der Waals surface area contributed by atoms with Crippen LogP contribution in [0.2, 0.25) is 0 Å². The highest BCUT2D eigenvalue weighted by Gasteiger charge is 2.03. The van der Waals surface area contributed by atoms with Crippen molar-refractivity contribution in [3.8, 4) is 5.69 Å². The maximum Gasteiger partial charge on any atom is 0.315 e. The zero-order valence-corrected chi connectivity index (χ0v) is 12.9. The number of amides is 2. The van der Waals surface area contributed by atoms with Crippen molar-refractivity contribution in [3.05, 3.63) is 83.9 Å². The van der Waals surface area contributed by atoms with Gasteiger partial charge in [-0.05, 0) is 41.5 Å². The molecular weight excluding hydrogens is 307 g/mol. The third-order valence-corrected chi connectivity index (χ3v) is 3.50. The molecule has 0 saturated carbocycles. The lowest BCUT2D eigenvalue weighted by Gasteiger charge is -2.09. The second-order valence-corrected chi connectivity index (χ2v) is 5.28. The number of nitrogens with one attached hydrogen (secondary N) is 2. The second-order valence-electron chi connectivity index (χ2n) is 5.28. The Kier molecular flexibility index (Phi) is 4.86. The van der Waals surface area contributed by atoms with Crippen molar-refractivity contribution in [2.75, 3.05) is 0 Å². The Morgan fingerprint density at radius 1 is 1.00 bits per heavy atom. The van der Waals surface area contributed by atoms with Crippen LogP contribution in [0.4, 0.5) is 9.18 Å². The number of benzene rings is 2. The predicted octanol–water partition coefficient (Wildman–Crippen LogP) is 3.01. The smallest absolute Gasteiger partial charge is 0.315 e. The van der Waals surface area contributed by atoms with Gasteiger partial charge in [-0.15, -0.1) is 0 Å². The van der Waals surface area contributed by atoms with Gasteiger partial charge in [0, 0.05) is 25.5 Å². The maximum atomic E-state index is 12.8. The number of hydrogen-bond donors (Lipinski definition) is 2. The predicted molar refractivity (Wildman–Crippen MR) is 89.0 cm³/mol. The fraction of sp³-hybridized carbons (Fsp3) is 0.111. The Morgan fingerprint density at radius 3 is 2.46 bits per heavy atom. The van der Waals surface area contributed by atoms with Crippen molar-refractivity contribution >= 4 is 6.03 Å². The zero-order chi connectivity index (χ0) is 16.8. The molecule has 0 unspecified atom stereocenters. The highest BCUT2D eigenvalue weighted by Crippen LogP contribution is 2.09. The van der Waals surface area contributed by atoms with Gasteiger partial charge in [-0.3, -0.25) is 0 Å². The number of carbonyl (C=O) groups excluding carboxylic acids is 1. The normalized spacial score (nSPS) is 10.4. The SMILES string of the molecule is O=C(NCc1ccc(F)cc1)NCc1cccc(-n2cccn2)c1. The first-order valence-electron chi connectivity index (χ1n) is 7.56. The van der Waals surface area contributed by atoms with Gasteiger partial charge in [0.1, 0.15) is 5.82 Å². The molecular formula is C18H17FN4O. The molecule has 0 radical (unpaired) electrons. The third-order valence-electron chi connectivity index (χ3n) is 3.50. The Hall–Kier alpha value is -3.15. The quantitative estimate of drug-likeness (QED) is 0.758. The molecule has 2 N–H and O–H groups in total. The molecule has 24 heavy (non-hydrogen) atoms. The van der Waals surface area contributed by atoms with E-state index in [0.29, 0.717) is 13.1 Å². The Morgan fingerprint density at radius 2 is 1.75 bits per heavy atom. The van der Waals surface area contributed by atoms with E-state index in [4.69, 9.17) is 0 Å². The summed E-state index contributed by atoms with van der Waals surface area (Å²) in [5.74, 6) is -0.291. The van der Waals surface area contributed by atoms with Gasteiger partial charge in [0.2, 0.25) is 0 Å². The largest absolute Gasteiger partial charge is 0.334 e. The molecule has 3 aromatic rings. The molecule has 3 rings (SSSR count). The van der Waals surface area contributed by atoms with Gasteiger partial charge in [0.15, 0.2) is 0 Å². The fourth-order valence-electron chi connectivity index (χ4n) is 2.26. The van der Waals surface area contributed by atoms with Crippen LogP contribution in [0, 0.1) is 5.82 Å². The van der Waals surface area contributed by atoms with E-state index in [0.717, 1.165) is 16.8 Å². The minimum atomic E-state index is -0.291. The lowest BCUT2D eigenvalue weighted by Crippen LogP contribution is -2.34. The molecule has 0 aliphatic heterocycles. The van der Waals surface area contributed by atoms with Crippen LogP contribution in [-0.4, -0.2) is 15.8 Å². The standard InChI is InChI=1S/C18H17FN4O/c19-16-7-5-14(6-8-16)12-20-18(24)21-13-15-3-1-4-17(11-15)23-10-2-9-22-23/h1-11H,12-13H2,(H2,20,21,24). The first-order valence-corrected chi connectivity index (χ1v) is 7.56. The molecule has 6 heteroatoms. The summed E-state index contributed by atoms with van der Waals surface area (Å²) in [4.78, 5) is 11.9. The molecule has 1 aromatic heterocycles. The minimum absolute atomic E-state index is 0.274. The highest BCUT2D eigenvalue weighted by atomic mass is 19.1. The number of nitrogens with zero attached hydrogens (tertiary/aromatic N) is 2. The van der Waals surface area contributed by atoms with E-state index >= 15 is 0 Å². The van der Waals surface area contributed by atoms with E-state index in [2.05, 4.69) is 15.7 Å². The van der Waals surface area contributed by atoms with Gasteiger partial charge in [-0.1, -0.05) is 24.3 Å². The number of aromatic nitrogens is 2. The monoisotopic (exact) mass is 324 g/mol. The topological polar surface area (TPSA) is 59.0 Å². The summed E-state index contributed by atoms with van der Waals surface area (Å²) >= 11 is 0. The van der Waals surface area contributed by atoms with E-state index in [-0.39, 0.29) is 11.8 Å². The highest BCUT2D eigenvalue weighted by molar-refractivity contribution is 5.73. The molecule has 0 spiro atoms. The van der Waals surface area contributed by atoms with Crippen molar-refractivity contribution in [1.82, 2.24) is 20.4 Å². The molecule has 0 saturated heterocycles. The average Bonchev–Trinajstić information content (AvgIpc) is 3.14. The van der Waals surface area contributed by atoms with Gasteiger partial charge in [-0.2, -0.15) is 5.10 Å². The van der Waals surface area contributed by atoms with Gasteiger partial charge in [0.25, 0.3) is 0 Å². The van der Waals surface area contributed by atoms with Gasteiger partial charge < -0.3 is 10.6 Å². The molecule has 0 aliphatic rings. The maximum absolute atomic E-state index is 12.8. The van der Waals surface area contributed by atoms with E-state index in [1.54, 1.807) is 23.0 Å². The van der Waals surface area contributed by atoms with Crippen molar-refractivity contribution in [1.29, 1.82) is 0 Å². The summed E-state index contributed by atoms with van der Waals surface area (Å²) in [6.07, 6.45) is 3.58. The second kappa shape index (κ2) is 7.41. The summed E-state index contributed by atoms with van der Waals surface area (Å²) in [6, 6.07) is 15.4. The van der Waals surface area contributed by atoms with E-state index < -0.39 is 0 Å². The first-order chi connectivity index (χ1) is 11.7. The van der Waals surface area contributed by atoms with Crippen LogP contribution in [0.1, 0.15) is 11.1 Å². The van der Waals surface area contributed by atoms with Crippen molar-refractivity contribution < 1.29 is 9.18 Å². The molecule has 0 aliphatic carbocycles. The summed E-state index contributed by atoms with van der Waals surface area (Å²) < 4.78 is 14.6. The zero-order valence-electron chi connectivity index (χ0n) is 12.9. The third kappa shape index (κ3) is 4.19. The first kappa shape index (κ1) is 15.7. The van der Waals surface area contributed by atoms with Gasteiger partial charge in [-0.25, -0.2) is 13.9 Å². The number of rotatable bonds is 5. The molecule has 0 bridgehead atoms. The van der Waals surface area contributed by atoms with Crippen molar-refractivity contribution in [2.45, 2.75) is 13.1 Å². The van der Waals surface area contributed by atoms with Crippen LogP contribution in [-0.2, 0) is 13.1 Å². The van der Waals surface area contributed by atoms with Crippen LogP contribution in [0.5, 0.6) is 0 Å². The number of hydrogen-bond acceptors (Lipinski definition) is 2. The fourth-order valence-corrected chi connectivity index (χ4v) is 2.26. The Labute approximate surface area is 139 Å². The molecule has 2 aromatic carbocycles. The van der Waals surface area contributed by atoms with E-state index in [1.807, 2.05) is 36.5 Å². The van der Waals surface area contributed by atoms with Crippen molar-refractivity contribution in [3.63, 3.8) is 0 Å².